The molecule has 102 valence electrons. The quantitative estimate of drug-likeness (QED) is 0.723. The highest BCUT2D eigenvalue weighted by Gasteiger charge is 2.15. The Hall–Kier alpha value is -2.09. The lowest BCUT2D eigenvalue weighted by Gasteiger charge is -2.09. The molecule has 0 bridgehead atoms. The highest BCUT2D eigenvalue weighted by atomic mass is 79.9. The monoisotopic (exact) mass is 342 g/mol. The number of fused-ring (bicyclic) bond motifs is 1. The Morgan fingerprint density at radius 1 is 1.15 bits per heavy atom. The maximum atomic E-state index is 13.6. The third kappa shape index (κ3) is 2.11. The predicted molar refractivity (Wildman–Crippen MR) is 70.3 cm³/mol. The van der Waals surface area contributed by atoms with Gasteiger partial charge in [0.2, 0.25) is 0 Å². The zero-order valence-electron chi connectivity index (χ0n) is 9.74. The fraction of sp³-hybridized carbons (Fsp3) is 0. The second-order valence-electron chi connectivity index (χ2n) is 3.92. The normalized spacial score (nSPS) is 11.0. The average molecular weight is 343 g/mol. The Morgan fingerprint density at radius 3 is 2.75 bits per heavy atom. The van der Waals surface area contributed by atoms with Gasteiger partial charge in [-0.2, -0.15) is 0 Å². The van der Waals surface area contributed by atoms with Crippen LogP contribution in [0.1, 0.15) is 0 Å². The first-order valence-corrected chi connectivity index (χ1v) is 6.25. The molecule has 0 spiro atoms. The first-order chi connectivity index (χ1) is 9.56. The van der Waals surface area contributed by atoms with Gasteiger partial charge in [0.1, 0.15) is 4.60 Å². The van der Waals surface area contributed by atoms with Crippen LogP contribution in [0.25, 0.3) is 5.65 Å². The van der Waals surface area contributed by atoms with Crippen molar-refractivity contribution in [2.24, 2.45) is 0 Å². The summed E-state index contributed by atoms with van der Waals surface area (Å²) in [7, 11) is 0. The molecule has 0 aliphatic rings. The third-order valence-corrected chi connectivity index (χ3v) is 3.02. The van der Waals surface area contributed by atoms with Crippen molar-refractivity contribution in [3.8, 4) is 0 Å². The van der Waals surface area contributed by atoms with Gasteiger partial charge >= 0.3 is 0 Å². The van der Waals surface area contributed by atoms with Crippen LogP contribution in [0, 0.1) is 17.5 Å². The van der Waals surface area contributed by atoms with Crippen molar-refractivity contribution in [2.45, 2.75) is 0 Å². The molecular formula is C12H6BrF3N4. The molecule has 0 aliphatic heterocycles. The minimum absolute atomic E-state index is 0.217. The molecule has 3 aromatic rings. The van der Waals surface area contributed by atoms with Crippen LogP contribution in [0.3, 0.4) is 0 Å². The van der Waals surface area contributed by atoms with Gasteiger partial charge in [-0.25, -0.2) is 23.1 Å². The fourth-order valence-corrected chi connectivity index (χ4v) is 2.13. The minimum Gasteiger partial charge on any atom is -0.335 e. The van der Waals surface area contributed by atoms with E-state index in [9.17, 15) is 13.2 Å². The molecule has 2 aromatic heterocycles. The van der Waals surface area contributed by atoms with Crippen LogP contribution in [0.2, 0.25) is 0 Å². The van der Waals surface area contributed by atoms with Crippen molar-refractivity contribution in [1.82, 2.24) is 14.4 Å². The summed E-state index contributed by atoms with van der Waals surface area (Å²) in [6.07, 6.45) is 4.87. The van der Waals surface area contributed by atoms with E-state index in [1.54, 1.807) is 16.8 Å². The van der Waals surface area contributed by atoms with Crippen LogP contribution in [-0.4, -0.2) is 14.4 Å². The molecule has 0 fully saturated rings. The lowest BCUT2D eigenvalue weighted by atomic mass is 10.3. The summed E-state index contributed by atoms with van der Waals surface area (Å²) >= 11 is 3.20. The Balaban J connectivity index is 2.10. The molecular weight excluding hydrogens is 337 g/mol. The lowest BCUT2D eigenvalue weighted by Crippen LogP contribution is -2.02. The number of anilines is 2. The smallest absolute Gasteiger partial charge is 0.196 e. The molecule has 0 aliphatic carbocycles. The van der Waals surface area contributed by atoms with Gasteiger partial charge in [0.15, 0.2) is 28.9 Å². The molecule has 1 N–H and O–H groups in total. The summed E-state index contributed by atoms with van der Waals surface area (Å²) in [5, 5.41) is 2.60. The molecule has 0 amide bonds. The number of aromatic nitrogens is 3. The fourth-order valence-electron chi connectivity index (χ4n) is 1.73. The van der Waals surface area contributed by atoms with E-state index in [4.69, 9.17) is 0 Å². The standard InChI is InChI=1S/C12H6BrF3N4/c13-8-5-20-4-3-17-12(20)11(19-8)18-7-2-1-6(14)9(15)10(7)16/h1-5H,(H,18,19). The maximum Gasteiger partial charge on any atom is 0.196 e. The van der Waals surface area contributed by atoms with Gasteiger partial charge < -0.3 is 9.72 Å². The second kappa shape index (κ2) is 4.78. The Morgan fingerprint density at radius 2 is 1.95 bits per heavy atom. The van der Waals surface area contributed by atoms with E-state index in [0.29, 0.717) is 10.3 Å². The zero-order valence-corrected chi connectivity index (χ0v) is 11.3. The van der Waals surface area contributed by atoms with Crippen molar-refractivity contribution in [3.63, 3.8) is 0 Å². The van der Waals surface area contributed by atoms with Crippen molar-refractivity contribution in [2.75, 3.05) is 5.32 Å². The van der Waals surface area contributed by atoms with E-state index < -0.39 is 17.5 Å². The number of hydrogen-bond donors (Lipinski definition) is 1. The number of rotatable bonds is 2. The van der Waals surface area contributed by atoms with Gasteiger partial charge in [-0.05, 0) is 28.1 Å². The molecule has 20 heavy (non-hydrogen) atoms. The topological polar surface area (TPSA) is 42.2 Å². The lowest BCUT2D eigenvalue weighted by molar-refractivity contribution is 0.449. The molecule has 4 nitrogen and oxygen atoms in total. The SMILES string of the molecule is Fc1ccc(Nc2nc(Br)cn3ccnc23)c(F)c1F. The van der Waals surface area contributed by atoms with Crippen LogP contribution in [-0.2, 0) is 0 Å². The van der Waals surface area contributed by atoms with E-state index in [2.05, 4.69) is 31.2 Å². The molecule has 2 heterocycles. The Bertz CT molecular complexity index is 803. The van der Waals surface area contributed by atoms with Gasteiger partial charge in [-0.15, -0.1) is 0 Å². The van der Waals surface area contributed by atoms with E-state index in [-0.39, 0.29) is 11.5 Å². The number of nitrogens with zero attached hydrogens (tertiary/aromatic N) is 3. The molecule has 0 atom stereocenters. The van der Waals surface area contributed by atoms with Crippen molar-refractivity contribution >= 4 is 33.1 Å². The molecule has 0 radical (unpaired) electrons. The first kappa shape index (κ1) is 12.9. The van der Waals surface area contributed by atoms with E-state index >= 15 is 0 Å². The highest BCUT2D eigenvalue weighted by Crippen LogP contribution is 2.25. The molecule has 0 unspecified atom stereocenters. The number of nitrogens with one attached hydrogen (secondary N) is 1. The van der Waals surface area contributed by atoms with Crippen LogP contribution in [0.5, 0.6) is 0 Å². The zero-order chi connectivity index (χ0) is 14.3. The Kier molecular flexibility index (Phi) is 3.09. The number of benzene rings is 1. The molecule has 1 aromatic carbocycles. The first-order valence-electron chi connectivity index (χ1n) is 5.46. The van der Waals surface area contributed by atoms with Gasteiger partial charge in [0.25, 0.3) is 0 Å². The largest absolute Gasteiger partial charge is 0.335 e. The molecule has 8 heteroatoms. The summed E-state index contributed by atoms with van der Waals surface area (Å²) in [5.74, 6) is -3.88. The number of imidazole rings is 1. The molecule has 0 saturated heterocycles. The number of halogens is 4. The van der Waals surface area contributed by atoms with E-state index in [0.717, 1.165) is 12.1 Å². The van der Waals surface area contributed by atoms with Gasteiger partial charge in [0.05, 0.1) is 5.69 Å². The summed E-state index contributed by atoms with van der Waals surface area (Å²) < 4.78 is 41.8. The van der Waals surface area contributed by atoms with E-state index in [1.807, 2.05) is 0 Å². The molecule has 3 rings (SSSR count). The van der Waals surface area contributed by atoms with Gasteiger partial charge in [0, 0.05) is 18.6 Å². The predicted octanol–water partition coefficient (Wildman–Crippen LogP) is 3.65. The Labute approximate surface area is 119 Å². The van der Waals surface area contributed by atoms with Crippen LogP contribution in [0.15, 0.2) is 35.3 Å². The van der Waals surface area contributed by atoms with Crippen molar-refractivity contribution in [1.29, 1.82) is 0 Å². The minimum atomic E-state index is -1.54. The second-order valence-corrected chi connectivity index (χ2v) is 4.73. The van der Waals surface area contributed by atoms with Gasteiger partial charge in [-0.1, -0.05) is 0 Å². The van der Waals surface area contributed by atoms with Crippen LogP contribution >= 0.6 is 15.9 Å². The third-order valence-electron chi connectivity index (χ3n) is 2.63. The van der Waals surface area contributed by atoms with Gasteiger partial charge in [-0.3, -0.25) is 0 Å². The van der Waals surface area contributed by atoms with Crippen LogP contribution in [0.4, 0.5) is 24.7 Å². The van der Waals surface area contributed by atoms with E-state index in [1.165, 1.54) is 6.20 Å². The maximum absolute atomic E-state index is 13.6. The average Bonchev–Trinajstić information content (AvgIpc) is 2.87. The van der Waals surface area contributed by atoms with Crippen LogP contribution < -0.4 is 5.32 Å². The highest BCUT2D eigenvalue weighted by molar-refractivity contribution is 9.10. The molecule has 0 saturated carbocycles. The summed E-state index contributed by atoms with van der Waals surface area (Å²) in [6, 6.07) is 1.93. The summed E-state index contributed by atoms with van der Waals surface area (Å²) in [6.45, 7) is 0. The summed E-state index contributed by atoms with van der Waals surface area (Å²) in [4.78, 5) is 8.15. The van der Waals surface area contributed by atoms with Crippen molar-refractivity contribution in [3.05, 3.63) is 52.8 Å². The number of hydrogen-bond acceptors (Lipinski definition) is 3. The summed E-state index contributed by atoms with van der Waals surface area (Å²) in [5.41, 5.74) is 0.205. The van der Waals surface area contributed by atoms with Crippen molar-refractivity contribution < 1.29 is 13.2 Å².